The van der Waals surface area contributed by atoms with Crippen LogP contribution in [0.5, 0.6) is 0 Å². The molecule has 18 heavy (non-hydrogen) atoms. The van der Waals surface area contributed by atoms with Gasteiger partial charge in [0.2, 0.25) is 0 Å². The Morgan fingerprint density at radius 2 is 1.17 bits per heavy atom. The van der Waals surface area contributed by atoms with Crippen molar-refractivity contribution in [2.45, 2.75) is 98.8 Å². The van der Waals surface area contributed by atoms with Crippen LogP contribution in [-0.2, 0) is 0 Å². The predicted molar refractivity (Wildman–Crippen MR) is 85.0 cm³/mol. The maximum absolute atomic E-state index is 2.36. The Balaban J connectivity index is 3.76. The van der Waals surface area contributed by atoms with Crippen molar-refractivity contribution in [3.8, 4) is 0 Å². The van der Waals surface area contributed by atoms with Gasteiger partial charge in [0.05, 0.1) is 0 Å². The highest BCUT2D eigenvalue weighted by Gasteiger charge is 2.10. The minimum atomic E-state index is 0.883. The van der Waals surface area contributed by atoms with Crippen LogP contribution in [0.2, 0.25) is 0 Å². The number of hydrogen-bond donors (Lipinski definition) is 0. The van der Waals surface area contributed by atoms with E-state index in [0.29, 0.717) is 0 Å². The maximum Gasteiger partial charge on any atom is -0.0414 e. The van der Waals surface area contributed by atoms with E-state index in [1.165, 1.54) is 64.2 Å². The Bertz CT molecular complexity index is 157. The molecule has 0 fully saturated rings. The van der Waals surface area contributed by atoms with Gasteiger partial charge in [-0.2, -0.15) is 0 Å². The highest BCUT2D eigenvalue weighted by atomic mass is 14.2. The van der Waals surface area contributed by atoms with E-state index in [0.717, 1.165) is 17.8 Å². The summed E-state index contributed by atoms with van der Waals surface area (Å²) in [6, 6.07) is 0. The van der Waals surface area contributed by atoms with E-state index in [2.05, 4.69) is 34.6 Å². The second kappa shape index (κ2) is 12.1. The third-order valence-corrected chi connectivity index (χ3v) is 4.01. The van der Waals surface area contributed by atoms with E-state index in [4.69, 9.17) is 0 Å². The lowest BCUT2D eigenvalue weighted by atomic mass is 9.88. The third-order valence-electron chi connectivity index (χ3n) is 4.01. The maximum atomic E-state index is 2.36. The van der Waals surface area contributed by atoms with E-state index in [9.17, 15) is 0 Å². The molecular weight excluding hydrogens is 216 g/mol. The molecule has 0 heteroatoms. The van der Waals surface area contributed by atoms with Gasteiger partial charge in [-0.1, -0.05) is 98.8 Å². The molecule has 1 atom stereocenters. The summed E-state index contributed by atoms with van der Waals surface area (Å²) in [6.45, 7) is 11.7. The first-order valence-electron chi connectivity index (χ1n) is 8.56. The van der Waals surface area contributed by atoms with Gasteiger partial charge in [0.15, 0.2) is 0 Å². The summed E-state index contributed by atoms with van der Waals surface area (Å²) in [5, 5.41) is 0. The molecule has 0 aliphatic rings. The van der Waals surface area contributed by atoms with Gasteiger partial charge in [-0.3, -0.25) is 0 Å². The lowest BCUT2D eigenvalue weighted by Gasteiger charge is -2.18. The van der Waals surface area contributed by atoms with Crippen molar-refractivity contribution in [2.24, 2.45) is 17.8 Å². The quantitative estimate of drug-likeness (QED) is 0.335. The highest BCUT2D eigenvalue weighted by molar-refractivity contribution is 4.63. The fourth-order valence-corrected chi connectivity index (χ4v) is 2.68. The number of rotatable bonds is 12. The lowest BCUT2D eigenvalue weighted by molar-refractivity contribution is 0.346. The second-order valence-electron chi connectivity index (χ2n) is 7.01. The van der Waals surface area contributed by atoms with Crippen LogP contribution >= 0.6 is 0 Å². The second-order valence-corrected chi connectivity index (χ2v) is 7.01. The molecule has 0 N–H and O–H groups in total. The smallest absolute Gasteiger partial charge is 0.0414 e. The van der Waals surface area contributed by atoms with Gasteiger partial charge in [-0.05, 0) is 17.8 Å². The Kier molecular flexibility index (Phi) is 12.1. The van der Waals surface area contributed by atoms with Crippen LogP contribution in [-0.4, -0.2) is 0 Å². The topological polar surface area (TPSA) is 0 Å². The van der Waals surface area contributed by atoms with Crippen molar-refractivity contribution in [1.82, 2.24) is 0 Å². The van der Waals surface area contributed by atoms with Crippen molar-refractivity contribution >= 4 is 0 Å². The Labute approximate surface area is 117 Å². The molecule has 0 heterocycles. The van der Waals surface area contributed by atoms with Gasteiger partial charge in [0.1, 0.15) is 0 Å². The number of hydrogen-bond acceptors (Lipinski definition) is 0. The Morgan fingerprint density at radius 3 is 1.72 bits per heavy atom. The standard InChI is InChI=1S/C18H38/c1-6-7-8-9-12-18(15-14-17(4)5)13-10-11-16(2)3/h16-18H,6-15H2,1-5H3. The van der Waals surface area contributed by atoms with Gasteiger partial charge in [-0.15, -0.1) is 0 Å². The molecule has 0 rings (SSSR count). The molecule has 0 spiro atoms. The van der Waals surface area contributed by atoms with Crippen LogP contribution in [0.15, 0.2) is 0 Å². The molecule has 0 aliphatic carbocycles. The monoisotopic (exact) mass is 254 g/mol. The molecule has 0 nitrogen and oxygen atoms in total. The molecule has 0 aliphatic heterocycles. The molecule has 0 bridgehead atoms. The zero-order valence-corrected chi connectivity index (χ0v) is 13.8. The lowest BCUT2D eigenvalue weighted by Crippen LogP contribution is -2.04. The first-order valence-corrected chi connectivity index (χ1v) is 8.56. The summed E-state index contributed by atoms with van der Waals surface area (Å²) < 4.78 is 0. The molecule has 1 unspecified atom stereocenters. The van der Waals surface area contributed by atoms with Crippen molar-refractivity contribution in [3.05, 3.63) is 0 Å². The largest absolute Gasteiger partial charge is 0.0654 e. The van der Waals surface area contributed by atoms with E-state index in [1.807, 2.05) is 0 Å². The molecule has 0 saturated carbocycles. The summed E-state index contributed by atoms with van der Waals surface area (Å²) in [5.74, 6) is 2.78. The van der Waals surface area contributed by atoms with Gasteiger partial charge < -0.3 is 0 Å². The van der Waals surface area contributed by atoms with Crippen LogP contribution in [0.3, 0.4) is 0 Å². The Hall–Kier alpha value is 0. The van der Waals surface area contributed by atoms with Crippen LogP contribution in [0.4, 0.5) is 0 Å². The molecule has 0 saturated heterocycles. The average Bonchev–Trinajstić information content (AvgIpc) is 2.30. The van der Waals surface area contributed by atoms with Crippen molar-refractivity contribution < 1.29 is 0 Å². The van der Waals surface area contributed by atoms with Crippen molar-refractivity contribution in [1.29, 1.82) is 0 Å². The van der Waals surface area contributed by atoms with Crippen molar-refractivity contribution in [3.63, 3.8) is 0 Å². The van der Waals surface area contributed by atoms with E-state index in [1.54, 1.807) is 0 Å². The summed E-state index contributed by atoms with van der Waals surface area (Å²) in [6.07, 6.45) is 14.5. The fraction of sp³-hybridized carbons (Fsp3) is 1.00. The molecular formula is C18H38. The SMILES string of the molecule is CCCCCCC(CCCC(C)C)CCC(C)C. The zero-order chi connectivity index (χ0) is 13.8. The zero-order valence-electron chi connectivity index (χ0n) is 13.8. The number of unbranched alkanes of at least 4 members (excludes halogenated alkanes) is 3. The molecule has 110 valence electrons. The van der Waals surface area contributed by atoms with Crippen LogP contribution in [0, 0.1) is 17.8 Å². The van der Waals surface area contributed by atoms with Crippen molar-refractivity contribution in [2.75, 3.05) is 0 Å². The van der Waals surface area contributed by atoms with Crippen LogP contribution < -0.4 is 0 Å². The van der Waals surface area contributed by atoms with E-state index < -0.39 is 0 Å². The van der Waals surface area contributed by atoms with E-state index >= 15 is 0 Å². The molecule has 0 radical (unpaired) electrons. The summed E-state index contributed by atoms with van der Waals surface area (Å²) in [7, 11) is 0. The van der Waals surface area contributed by atoms with Crippen LogP contribution in [0.1, 0.15) is 98.8 Å². The normalized spacial score (nSPS) is 13.5. The first-order chi connectivity index (χ1) is 8.56. The minimum Gasteiger partial charge on any atom is -0.0654 e. The fourth-order valence-electron chi connectivity index (χ4n) is 2.68. The first kappa shape index (κ1) is 18.0. The average molecular weight is 255 g/mol. The van der Waals surface area contributed by atoms with Crippen LogP contribution in [0.25, 0.3) is 0 Å². The summed E-state index contributed by atoms with van der Waals surface area (Å²) in [4.78, 5) is 0. The van der Waals surface area contributed by atoms with Gasteiger partial charge >= 0.3 is 0 Å². The van der Waals surface area contributed by atoms with Gasteiger partial charge in [0, 0.05) is 0 Å². The van der Waals surface area contributed by atoms with Gasteiger partial charge in [0.25, 0.3) is 0 Å². The summed E-state index contributed by atoms with van der Waals surface area (Å²) >= 11 is 0. The molecule has 0 aromatic rings. The Morgan fingerprint density at radius 1 is 0.556 bits per heavy atom. The summed E-state index contributed by atoms with van der Waals surface area (Å²) in [5.41, 5.74) is 0. The van der Waals surface area contributed by atoms with Gasteiger partial charge in [-0.25, -0.2) is 0 Å². The molecule has 0 amide bonds. The predicted octanol–water partition coefficient (Wildman–Crippen LogP) is 6.84. The highest BCUT2D eigenvalue weighted by Crippen LogP contribution is 2.24. The van der Waals surface area contributed by atoms with E-state index in [-0.39, 0.29) is 0 Å². The minimum absolute atomic E-state index is 0.883. The molecule has 0 aromatic heterocycles. The third kappa shape index (κ3) is 12.5. The molecule has 0 aromatic carbocycles.